The molecular weight excluding hydrogens is 665 g/mol. The van der Waals surface area contributed by atoms with E-state index < -0.39 is 90.1 Å². The predicted octanol–water partition coefficient (Wildman–Crippen LogP) is -1.81. The number of rotatable bonds is 11. The van der Waals surface area contributed by atoms with Crippen LogP contribution in [0.1, 0.15) is 12.5 Å². The third-order valence-corrected chi connectivity index (χ3v) is 8.53. The number of fused-ring (bicyclic) bond motifs is 2. The molecule has 0 radical (unpaired) electrons. The van der Waals surface area contributed by atoms with Crippen molar-refractivity contribution in [2.75, 3.05) is 31.0 Å². The lowest BCUT2D eigenvalue weighted by Crippen LogP contribution is -2.36. The summed E-state index contributed by atoms with van der Waals surface area (Å²) in [6.07, 6.45) is -10.2. The molecule has 2 aliphatic heterocycles. The number of nitrogen functional groups attached to an aromatic ring is 2. The van der Waals surface area contributed by atoms with E-state index in [4.69, 9.17) is 34.7 Å². The van der Waals surface area contributed by atoms with Gasteiger partial charge >= 0.3 is 15.9 Å². The summed E-state index contributed by atoms with van der Waals surface area (Å²) in [6.45, 7) is -1.64. The number of nitrogens with one attached hydrogen (secondary N) is 1. The maximum Gasteiger partial charge on any atom is 0.534 e. The van der Waals surface area contributed by atoms with E-state index in [-0.39, 0.29) is 34.1 Å². The molecule has 4 aromatic heterocycles. The summed E-state index contributed by atoms with van der Waals surface area (Å²) < 4.78 is 69.2. The summed E-state index contributed by atoms with van der Waals surface area (Å²) in [5, 5.41) is 20.9. The van der Waals surface area contributed by atoms with Gasteiger partial charge in [0.2, 0.25) is 5.95 Å². The number of nitrogens with two attached hydrogens (primary N) is 2. The molecule has 6 unspecified atom stereocenters. The fraction of sp³-hybridized carbons (Fsp3) is 0.524. The number of imidazole rings is 2. The van der Waals surface area contributed by atoms with E-state index in [2.05, 4.69) is 29.9 Å². The molecule has 6 heterocycles. The van der Waals surface area contributed by atoms with Crippen LogP contribution in [-0.4, -0.2) is 115 Å². The summed E-state index contributed by atoms with van der Waals surface area (Å²) in [7, 11) is -8.00. The molecule has 25 heteroatoms. The van der Waals surface area contributed by atoms with Crippen molar-refractivity contribution < 1.29 is 56.8 Å². The number of aliphatic hydroxyl groups excluding tert-OH is 2. The number of phosphoric ester groups is 1. The molecule has 0 saturated carbocycles. The normalized spacial score (nSPS) is 29.9. The summed E-state index contributed by atoms with van der Waals surface area (Å²) in [4.78, 5) is 54.0. The Balaban J connectivity index is 1.18. The molecule has 4 aromatic rings. The zero-order valence-corrected chi connectivity index (χ0v) is 24.9. The van der Waals surface area contributed by atoms with Gasteiger partial charge in [-0.15, -0.1) is 0 Å². The highest BCUT2D eigenvalue weighted by Crippen LogP contribution is 2.49. The monoisotopic (exact) mass is 691 g/mol. The molecule has 0 aliphatic carbocycles. The first-order chi connectivity index (χ1) is 21.9. The summed E-state index contributed by atoms with van der Waals surface area (Å²) in [5.74, 6) is -0.248. The van der Waals surface area contributed by atoms with Gasteiger partial charge in [0.25, 0.3) is 11.9 Å². The minimum Gasteiger partial charge on any atom is -0.394 e. The highest BCUT2D eigenvalue weighted by molar-refractivity contribution is 7.47. The van der Waals surface area contributed by atoms with Crippen LogP contribution in [0.2, 0.25) is 0 Å². The molecule has 0 spiro atoms. The lowest BCUT2D eigenvalue weighted by Gasteiger charge is -2.24. The Bertz CT molecular complexity index is 1880. The molecule has 248 valence electrons. The van der Waals surface area contributed by atoms with Crippen molar-refractivity contribution in [3.05, 3.63) is 29.3 Å². The van der Waals surface area contributed by atoms with E-state index in [1.165, 1.54) is 10.9 Å². The number of hydrogen-bond acceptors (Lipinski definition) is 17. The Kier molecular flexibility index (Phi) is 8.82. The van der Waals surface area contributed by atoms with Gasteiger partial charge in [0.1, 0.15) is 42.4 Å². The van der Waals surface area contributed by atoms with Crippen LogP contribution in [0.15, 0.2) is 23.8 Å². The number of aromatic amines is 1. The lowest BCUT2D eigenvalue weighted by atomic mass is 10.1. The Hall–Kier alpha value is -3.60. The first-order valence-electron chi connectivity index (χ1n) is 13.2. The van der Waals surface area contributed by atoms with Gasteiger partial charge in [0, 0.05) is 0 Å². The lowest BCUT2D eigenvalue weighted by molar-refractivity contribution is -0.0619. The van der Waals surface area contributed by atoms with E-state index >= 15 is 4.39 Å². The second kappa shape index (κ2) is 12.5. The van der Waals surface area contributed by atoms with Crippen molar-refractivity contribution in [1.82, 2.24) is 39.0 Å². The van der Waals surface area contributed by atoms with Gasteiger partial charge in [-0.2, -0.15) is 9.88 Å². The average molecular weight is 691 g/mol. The number of aromatic nitrogens is 8. The number of halogens is 1. The Labute approximate surface area is 255 Å². The molecule has 0 amide bonds. The molecule has 2 saturated heterocycles. The number of phosphoric acid groups is 1. The minimum absolute atomic E-state index is 0.0114. The fourth-order valence-electron chi connectivity index (χ4n) is 5.17. The molecular formula is C21H26FN10O12P2+. The Morgan fingerprint density at radius 2 is 1.76 bits per heavy atom. The van der Waals surface area contributed by atoms with E-state index in [1.54, 1.807) is 0 Å². The van der Waals surface area contributed by atoms with Crippen molar-refractivity contribution in [2.45, 2.75) is 49.1 Å². The maximum atomic E-state index is 15.7. The number of H-pyrrole nitrogens is 1. The topological polar surface area (TPSA) is 320 Å². The molecule has 0 aromatic carbocycles. The van der Waals surface area contributed by atoms with Crippen LogP contribution < -0.4 is 17.0 Å². The van der Waals surface area contributed by atoms with E-state index in [0.717, 1.165) is 17.2 Å². The van der Waals surface area contributed by atoms with Crippen molar-refractivity contribution in [2.24, 2.45) is 0 Å². The van der Waals surface area contributed by atoms with Gasteiger partial charge in [-0.05, 0) is 4.57 Å². The van der Waals surface area contributed by atoms with Crippen LogP contribution in [0, 0.1) is 0 Å². The van der Waals surface area contributed by atoms with Gasteiger partial charge in [0.15, 0.2) is 41.3 Å². The number of anilines is 2. The van der Waals surface area contributed by atoms with Crippen LogP contribution in [-0.2, 0) is 32.4 Å². The van der Waals surface area contributed by atoms with Crippen LogP contribution in [0.5, 0.6) is 0 Å². The molecule has 2 fully saturated rings. The average Bonchev–Trinajstić information content (AvgIpc) is 3.76. The Morgan fingerprint density at radius 3 is 2.48 bits per heavy atom. The second-order valence-electron chi connectivity index (χ2n) is 10.1. The number of nitrogens with zero attached hydrogens (tertiary/aromatic N) is 7. The summed E-state index contributed by atoms with van der Waals surface area (Å²) >= 11 is 0. The highest BCUT2D eigenvalue weighted by Gasteiger charge is 2.52. The SMILES string of the molecule is Nc1nc2c(ncn2[C@@H]2O[C@H](CO)C(OP(=O)(O)OC[C@H]3O[C@@H](n4cnc5c(N)ncnc54)C(F)C3OC[P+](=O)O)C2O)c(=O)[nH]1. The first-order valence-corrected chi connectivity index (χ1v) is 16.1. The van der Waals surface area contributed by atoms with Crippen LogP contribution in [0.4, 0.5) is 16.2 Å². The molecule has 0 bridgehead atoms. The van der Waals surface area contributed by atoms with Gasteiger partial charge in [-0.25, -0.2) is 28.9 Å². The van der Waals surface area contributed by atoms with Crippen molar-refractivity contribution in [3.8, 4) is 0 Å². The predicted molar refractivity (Wildman–Crippen MR) is 148 cm³/mol. The van der Waals surface area contributed by atoms with Gasteiger partial charge in [-0.3, -0.25) is 28.0 Å². The summed E-state index contributed by atoms with van der Waals surface area (Å²) in [5.41, 5.74) is 10.7. The maximum absolute atomic E-state index is 15.7. The number of hydrogen-bond donors (Lipinski definition) is 7. The molecule has 6 rings (SSSR count). The van der Waals surface area contributed by atoms with Crippen LogP contribution >= 0.6 is 15.9 Å². The number of aliphatic hydroxyl groups is 2. The molecule has 22 nitrogen and oxygen atoms in total. The Morgan fingerprint density at radius 1 is 1.07 bits per heavy atom. The van der Waals surface area contributed by atoms with E-state index in [0.29, 0.717) is 0 Å². The molecule has 9 N–H and O–H groups in total. The largest absolute Gasteiger partial charge is 0.534 e. The number of alkyl halides is 1. The fourth-order valence-corrected chi connectivity index (χ4v) is 6.43. The summed E-state index contributed by atoms with van der Waals surface area (Å²) in [6, 6.07) is 0. The molecule has 2 aliphatic rings. The van der Waals surface area contributed by atoms with Crippen LogP contribution in [0.25, 0.3) is 22.3 Å². The smallest absolute Gasteiger partial charge is 0.394 e. The molecule has 46 heavy (non-hydrogen) atoms. The third-order valence-electron chi connectivity index (χ3n) is 7.18. The van der Waals surface area contributed by atoms with Crippen LogP contribution in [0.3, 0.4) is 0 Å². The molecule has 10 atom stereocenters. The van der Waals surface area contributed by atoms with E-state index in [9.17, 15) is 33.9 Å². The third kappa shape index (κ3) is 5.98. The second-order valence-corrected chi connectivity index (χ2v) is 12.4. The minimum atomic E-state index is -5.15. The quantitative estimate of drug-likeness (QED) is 0.0852. The first kappa shape index (κ1) is 32.3. The van der Waals surface area contributed by atoms with Gasteiger partial charge in [-0.1, -0.05) is 0 Å². The zero-order valence-electron chi connectivity index (χ0n) is 23.1. The van der Waals surface area contributed by atoms with Gasteiger partial charge in [0.05, 0.1) is 25.9 Å². The van der Waals surface area contributed by atoms with Crippen molar-refractivity contribution in [1.29, 1.82) is 0 Å². The zero-order chi connectivity index (χ0) is 32.9. The van der Waals surface area contributed by atoms with E-state index in [1.807, 2.05) is 0 Å². The van der Waals surface area contributed by atoms with Crippen molar-refractivity contribution in [3.63, 3.8) is 0 Å². The van der Waals surface area contributed by atoms with Crippen molar-refractivity contribution >= 4 is 49.9 Å². The highest BCUT2D eigenvalue weighted by atomic mass is 31.2. The van der Waals surface area contributed by atoms with Gasteiger partial charge < -0.3 is 40.8 Å². The number of ether oxygens (including phenoxy) is 3. The standard InChI is InChI=1S/C21H25FN10O12P2/c22-9-13(40-6-45(36)37)8(43-19(9)31-4-27-10-15(23)25-3-26-16(10)31)2-41-46(38,39)44-14-7(1-33)42-20(12(14)34)32-5-28-11-17(32)29-21(24)30-18(11)35/h3-5,7-9,12-14,19-20,33-34H,1-2,6H2,(H6-,23,24,25,26,29,30,35,36,37,38,39)/p+1/t7-,8-,9?,12?,13?,14?,19-,20-/m1/s1.